The topological polar surface area (TPSA) is 77.8 Å². The van der Waals surface area contributed by atoms with E-state index >= 15 is 0 Å². The molecule has 0 spiro atoms. The first-order chi connectivity index (χ1) is 8.63. The number of hydrogen-bond donors (Lipinski definition) is 0. The van der Waals surface area contributed by atoms with Gasteiger partial charge in [0.15, 0.2) is 0 Å². The SMILES string of the molecule is COc1ccc(C(=O)N2C(=O)C=C[N]C2=O)cc1. The average molecular weight is 245 g/mol. The van der Waals surface area contributed by atoms with E-state index in [2.05, 4.69) is 5.32 Å². The maximum atomic E-state index is 12.0. The predicted molar refractivity (Wildman–Crippen MR) is 60.8 cm³/mol. The van der Waals surface area contributed by atoms with Crippen molar-refractivity contribution in [1.82, 2.24) is 10.2 Å². The van der Waals surface area contributed by atoms with Crippen LogP contribution in [0.5, 0.6) is 5.75 Å². The lowest BCUT2D eigenvalue weighted by molar-refractivity contribution is -0.121. The molecule has 0 bridgehead atoms. The molecule has 2 rings (SSSR count). The maximum absolute atomic E-state index is 12.0. The van der Waals surface area contributed by atoms with Crippen LogP contribution < -0.4 is 10.1 Å². The maximum Gasteiger partial charge on any atom is 0.357 e. The Morgan fingerprint density at radius 3 is 2.44 bits per heavy atom. The van der Waals surface area contributed by atoms with Gasteiger partial charge in [0, 0.05) is 17.8 Å². The summed E-state index contributed by atoms with van der Waals surface area (Å²) in [5.41, 5.74) is 0.211. The van der Waals surface area contributed by atoms with Crippen molar-refractivity contribution in [2.75, 3.05) is 7.11 Å². The van der Waals surface area contributed by atoms with Crippen molar-refractivity contribution in [1.29, 1.82) is 0 Å². The van der Waals surface area contributed by atoms with E-state index in [9.17, 15) is 14.4 Å². The summed E-state index contributed by atoms with van der Waals surface area (Å²) in [7, 11) is 1.50. The van der Waals surface area contributed by atoms with E-state index in [1.165, 1.54) is 19.2 Å². The molecule has 6 nitrogen and oxygen atoms in total. The molecule has 1 radical (unpaired) electrons. The molecule has 0 atom stereocenters. The number of amides is 4. The number of nitrogens with zero attached hydrogens (tertiary/aromatic N) is 2. The standard InChI is InChI=1S/C12H9N2O4/c1-18-9-4-2-8(3-5-9)11(16)14-10(15)6-7-13-12(14)17/h2-7H,1H3. The van der Waals surface area contributed by atoms with Crippen LogP contribution >= 0.6 is 0 Å². The minimum absolute atomic E-state index is 0.211. The van der Waals surface area contributed by atoms with Gasteiger partial charge in [0.1, 0.15) is 5.75 Å². The number of carbonyl (C=O) groups excluding carboxylic acids is 3. The molecule has 1 aliphatic heterocycles. The van der Waals surface area contributed by atoms with Crippen LogP contribution in [0.15, 0.2) is 36.5 Å². The Balaban J connectivity index is 2.27. The third-order valence-corrected chi connectivity index (χ3v) is 2.35. The number of carbonyl (C=O) groups is 3. The largest absolute Gasteiger partial charge is 0.497 e. The number of methoxy groups -OCH3 is 1. The van der Waals surface area contributed by atoms with E-state index in [1.807, 2.05) is 0 Å². The molecule has 0 saturated heterocycles. The second-order valence-electron chi connectivity index (χ2n) is 3.43. The molecular weight excluding hydrogens is 236 g/mol. The molecule has 18 heavy (non-hydrogen) atoms. The summed E-state index contributed by atoms with van der Waals surface area (Å²) in [6, 6.07) is 5.20. The fraction of sp³-hybridized carbons (Fsp3) is 0.0833. The Hall–Kier alpha value is -2.63. The van der Waals surface area contributed by atoms with Gasteiger partial charge in [-0.2, -0.15) is 4.90 Å². The van der Waals surface area contributed by atoms with Crippen LogP contribution in [0, 0.1) is 0 Å². The van der Waals surface area contributed by atoms with Crippen LogP contribution in [-0.2, 0) is 4.79 Å². The summed E-state index contributed by atoms with van der Waals surface area (Å²) in [6.45, 7) is 0. The number of rotatable bonds is 2. The Morgan fingerprint density at radius 2 is 1.89 bits per heavy atom. The van der Waals surface area contributed by atoms with E-state index in [0.29, 0.717) is 10.6 Å². The number of imide groups is 3. The van der Waals surface area contributed by atoms with Gasteiger partial charge in [-0.3, -0.25) is 9.59 Å². The Labute approximate surface area is 103 Å². The highest BCUT2D eigenvalue weighted by molar-refractivity contribution is 6.19. The van der Waals surface area contributed by atoms with Crippen LogP contribution in [0.3, 0.4) is 0 Å². The minimum atomic E-state index is -0.886. The van der Waals surface area contributed by atoms with E-state index in [1.54, 1.807) is 12.1 Å². The molecule has 91 valence electrons. The van der Waals surface area contributed by atoms with Gasteiger partial charge in [-0.15, -0.1) is 0 Å². The molecule has 1 aliphatic rings. The lowest BCUT2D eigenvalue weighted by Crippen LogP contribution is -2.45. The first kappa shape index (κ1) is 11.8. The van der Waals surface area contributed by atoms with Crippen molar-refractivity contribution in [3.63, 3.8) is 0 Å². The van der Waals surface area contributed by atoms with Gasteiger partial charge in [0.25, 0.3) is 11.8 Å². The minimum Gasteiger partial charge on any atom is -0.497 e. The lowest BCUT2D eigenvalue weighted by Gasteiger charge is -2.18. The first-order valence-electron chi connectivity index (χ1n) is 5.07. The summed E-state index contributed by atoms with van der Waals surface area (Å²) in [6.07, 6.45) is 2.13. The van der Waals surface area contributed by atoms with Crippen LogP contribution in [-0.4, -0.2) is 29.9 Å². The molecule has 0 fully saturated rings. The highest BCUT2D eigenvalue weighted by Gasteiger charge is 2.30. The smallest absolute Gasteiger partial charge is 0.357 e. The Morgan fingerprint density at radius 1 is 1.22 bits per heavy atom. The highest BCUT2D eigenvalue weighted by atomic mass is 16.5. The van der Waals surface area contributed by atoms with Gasteiger partial charge in [-0.1, -0.05) is 0 Å². The van der Waals surface area contributed by atoms with Gasteiger partial charge in [-0.05, 0) is 24.3 Å². The third kappa shape index (κ3) is 2.08. The molecule has 1 aromatic carbocycles. The van der Waals surface area contributed by atoms with E-state index in [0.717, 1.165) is 12.3 Å². The summed E-state index contributed by atoms with van der Waals surface area (Å²) in [5.74, 6) is -0.830. The van der Waals surface area contributed by atoms with Gasteiger partial charge in [0.05, 0.1) is 7.11 Å². The molecule has 1 aromatic rings. The molecule has 6 heteroatoms. The van der Waals surface area contributed by atoms with Gasteiger partial charge in [-0.25, -0.2) is 10.1 Å². The van der Waals surface area contributed by atoms with Gasteiger partial charge < -0.3 is 4.74 Å². The molecule has 0 aliphatic carbocycles. The Bertz CT molecular complexity index is 534. The zero-order valence-electron chi connectivity index (χ0n) is 9.49. The fourth-order valence-corrected chi connectivity index (χ4v) is 1.44. The molecule has 0 aromatic heterocycles. The molecule has 0 saturated carbocycles. The van der Waals surface area contributed by atoms with Gasteiger partial charge in [0.2, 0.25) is 0 Å². The zero-order chi connectivity index (χ0) is 13.1. The highest BCUT2D eigenvalue weighted by Crippen LogP contribution is 2.14. The second kappa shape index (κ2) is 4.70. The number of ether oxygens (including phenoxy) is 1. The summed E-state index contributed by atoms with van der Waals surface area (Å²) in [4.78, 5) is 35.3. The van der Waals surface area contributed by atoms with Crippen LogP contribution in [0.2, 0.25) is 0 Å². The average Bonchev–Trinajstić information content (AvgIpc) is 2.38. The van der Waals surface area contributed by atoms with Crippen molar-refractivity contribution < 1.29 is 19.1 Å². The zero-order valence-corrected chi connectivity index (χ0v) is 9.49. The monoisotopic (exact) mass is 245 g/mol. The van der Waals surface area contributed by atoms with E-state index < -0.39 is 17.8 Å². The predicted octanol–water partition coefficient (Wildman–Crippen LogP) is 0.916. The molecule has 0 N–H and O–H groups in total. The molecular formula is C12H9N2O4. The first-order valence-corrected chi connectivity index (χ1v) is 5.07. The third-order valence-electron chi connectivity index (χ3n) is 2.35. The van der Waals surface area contributed by atoms with Crippen molar-refractivity contribution in [2.24, 2.45) is 0 Å². The molecule has 4 amide bonds. The van der Waals surface area contributed by atoms with Crippen LogP contribution in [0.1, 0.15) is 10.4 Å². The molecule has 1 heterocycles. The quantitative estimate of drug-likeness (QED) is 0.726. The van der Waals surface area contributed by atoms with Crippen molar-refractivity contribution >= 4 is 17.8 Å². The number of urea groups is 1. The fourth-order valence-electron chi connectivity index (χ4n) is 1.44. The van der Waals surface area contributed by atoms with E-state index in [4.69, 9.17) is 4.74 Å². The second-order valence-corrected chi connectivity index (χ2v) is 3.43. The summed E-state index contributed by atoms with van der Waals surface area (Å²) in [5, 5.41) is 3.38. The normalized spacial score (nSPS) is 14.4. The van der Waals surface area contributed by atoms with Crippen molar-refractivity contribution in [3.05, 3.63) is 42.1 Å². The number of hydrogen-bond acceptors (Lipinski definition) is 4. The lowest BCUT2D eigenvalue weighted by atomic mass is 10.2. The van der Waals surface area contributed by atoms with Crippen LogP contribution in [0.25, 0.3) is 0 Å². The summed E-state index contributed by atoms with van der Waals surface area (Å²) < 4.78 is 4.95. The summed E-state index contributed by atoms with van der Waals surface area (Å²) >= 11 is 0. The Kier molecular flexibility index (Phi) is 3.09. The van der Waals surface area contributed by atoms with E-state index in [-0.39, 0.29) is 5.56 Å². The van der Waals surface area contributed by atoms with Gasteiger partial charge >= 0.3 is 6.03 Å². The van der Waals surface area contributed by atoms with Crippen LogP contribution in [0.4, 0.5) is 4.79 Å². The molecule has 0 unspecified atom stereocenters. The van der Waals surface area contributed by atoms with Crippen molar-refractivity contribution in [3.8, 4) is 5.75 Å². The number of benzene rings is 1. The van der Waals surface area contributed by atoms with Crippen molar-refractivity contribution in [2.45, 2.75) is 0 Å².